The van der Waals surface area contributed by atoms with Crippen molar-refractivity contribution in [3.05, 3.63) is 60.8 Å². The lowest BCUT2D eigenvalue weighted by molar-refractivity contribution is -0.332. The molecular weight excluding hydrogens is 981 g/mol. The molecule has 0 saturated carbocycles. The molecule has 2 aliphatic heterocycles. The van der Waals surface area contributed by atoms with Gasteiger partial charge in [-0.25, -0.2) is 0 Å². The molecule has 77 heavy (non-hydrogen) atoms. The lowest BCUT2D eigenvalue weighted by Gasteiger charge is -2.42. The summed E-state index contributed by atoms with van der Waals surface area (Å²) < 4.78 is 34.4. The van der Waals surface area contributed by atoms with Gasteiger partial charge >= 0.3 is 5.97 Å². The van der Waals surface area contributed by atoms with Crippen LogP contribution in [-0.4, -0.2) is 142 Å². The average Bonchev–Trinajstić information content (AvgIpc) is 3.43. The summed E-state index contributed by atoms with van der Waals surface area (Å²) in [5.74, 6) is -0.382. The van der Waals surface area contributed by atoms with Crippen LogP contribution in [0.2, 0.25) is 0 Å². The van der Waals surface area contributed by atoms with Crippen LogP contribution in [0.25, 0.3) is 0 Å². The Morgan fingerprint density at radius 3 is 1.29 bits per heavy atom. The summed E-state index contributed by atoms with van der Waals surface area (Å²) >= 11 is 0. The molecule has 2 aliphatic rings. The molecule has 2 heterocycles. The van der Waals surface area contributed by atoms with Gasteiger partial charge in [0.25, 0.3) is 0 Å². The smallest absolute Gasteiger partial charge is 0.306 e. The Kier molecular flexibility index (Phi) is 45.5. The molecule has 0 amide bonds. The second kappa shape index (κ2) is 49.5. The van der Waals surface area contributed by atoms with Gasteiger partial charge < -0.3 is 64.2 Å². The number of esters is 1. The van der Waals surface area contributed by atoms with Crippen molar-refractivity contribution in [3.63, 3.8) is 0 Å². The number of rotatable bonds is 50. The minimum Gasteiger partial charge on any atom is -0.457 e. The maximum atomic E-state index is 13.1. The van der Waals surface area contributed by atoms with Crippen molar-refractivity contribution in [2.75, 3.05) is 33.0 Å². The number of carbonyl (C=O) groups is 1. The number of allylic oxidation sites excluding steroid dienone is 10. The van der Waals surface area contributed by atoms with Gasteiger partial charge in [0.05, 0.1) is 26.4 Å². The quantitative estimate of drug-likeness (QED) is 0.0172. The molecular formula is C63H112O14. The predicted molar refractivity (Wildman–Crippen MR) is 307 cm³/mol. The summed E-state index contributed by atoms with van der Waals surface area (Å²) in [7, 11) is 0. The van der Waals surface area contributed by atoms with Crippen LogP contribution in [0.3, 0.4) is 0 Å². The molecule has 2 saturated heterocycles. The minimum absolute atomic E-state index is 0.0546. The van der Waals surface area contributed by atoms with E-state index in [0.717, 1.165) is 70.6 Å². The van der Waals surface area contributed by atoms with Gasteiger partial charge in [-0.15, -0.1) is 0 Å². The summed E-state index contributed by atoms with van der Waals surface area (Å²) in [6.45, 7) is 3.65. The van der Waals surface area contributed by atoms with Crippen LogP contribution in [0.4, 0.5) is 0 Å². The van der Waals surface area contributed by atoms with E-state index in [-0.39, 0.29) is 25.6 Å². The Hall–Kier alpha value is -2.31. The molecule has 0 radical (unpaired) electrons. The van der Waals surface area contributed by atoms with E-state index in [4.69, 9.17) is 28.4 Å². The number of hydrogen-bond acceptors (Lipinski definition) is 14. The molecule has 0 aromatic carbocycles. The maximum absolute atomic E-state index is 13.1. The topological polar surface area (TPSA) is 214 Å². The summed E-state index contributed by atoms with van der Waals surface area (Å²) in [4.78, 5) is 13.1. The Morgan fingerprint density at radius 2 is 0.805 bits per heavy atom. The highest BCUT2D eigenvalue weighted by Crippen LogP contribution is 2.27. The van der Waals surface area contributed by atoms with Gasteiger partial charge in [-0.2, -0.15) is 0 Å². The first-order chi connectivity index (χ1) is 37.6. The van der Waals surface area contributed by atoms with Crippen LogP contribution in [0.5, 0.6) is 0 Å². The molecule has 7 N–H and O–H groups in total. The first-order valence-corrected chi connectivity index (χ1v) is 30.9. The molecule has 11 unspecified atom stereocenters. The molecule has 0 aromatic rings. The minimum atomic E-state index is -1.71. The van der Waals surface area contributed by atoms with E-state index in [1.807, 2.05) is 0 Å². The third-order valence-corrected chi connectivity index (χ3v) is 14.5. The zero-order valence-corrected chi connectivity index (χ0v) is 48.2. The Labute approximate surface area is 466 Å². The van der Waals surface area contributed by atoms with Gasteiger partial charge in [-0.3, -0.25) is 4.79 Å². The fourth-order valence-electron chi connectivity index (χ4n) is 9.50. The van der Waals surface area contributed by atoms with E-state index in [1.165, 1.54) is 135 Å². The van der Waals surface area contributed by atoms with Crippen molar-refractivity contribution in [2.45, 2.75) is 300 Å². The molecule has 14 heteroatoms. The summed E-state index contributed by atoms with van der Waals surface area (Å²) in [5.41, 5.74) is 0. The molecule has 0 spiro atoms. The number of carbonyl (C=O) groups excluding carboxylic acids is 1. The van der Waals surface area contributed by atoms with Gasteiger partial charge in [0.1, 0.15) is 54.9 Å². The molecule has 0 aromatic heterocycles. The number of ether oxygens (including phenoxy) is 6. The van der Waals surface area contributed by atoms with Crippen molar-refractivity contribution in [1.82, 2.24) is 0 Å². The van der Waals surface area contributed by atoms with Crippen molar-refractivity contribution in [1.29, 1.82) is 0 Å². The number of aliphatic hydroxyl groups is 7. The molecule has 2 rings (SSSR count). The van der Waals surface area contributed by atoms with Gasteiger partial charge in [0, 0.05) is 13.0 Å². The first kappa shape index (κ1) is 70.8. The molecule has 2 fully saturated rings. The van der Waals surface area contributed by atoms with Crippen molar-refractivity contribution in [3.8, 4) is 0 Å². The van der Waals surface area contributed by atoms with Gasteiger partial charge in [-0.1, -0.05) is 203 Å². The standard InChI is InChI=1S/C63H112O14/c1-3-5-7-9-11-13-15-17-19-21-23-24-25-26-27-28-29-30-32-34-36-38-40-42-44-46-55(65)75-52(49-72-47-45-43-41-39-37-35-33-31-22-20-18-16-14-12-10-8-6-4-2)50-73-62-61(71)59(69)57(67)54(77-62)51-74-63-60(70)58(68)56(66)53(48-64)76-63/h12,14-15,17-18,20-21,23,25-26,52-54,56-64,66-71H,3-11,13,16,19,22,24,27-51H2,1-2H3/b14-12-,17-15-,20-18-,23-21-,26-25-. The molecule has 0 aliphatic carbocycles. The average molecular weight is 1090 g/mol. The highest BCUT2D eigenvalue weighted by molar-refractivity contribution is 5.69. The third-order valence-electron chi connectivity index (χ3n) is 14.5. The van der Waals surface area contributed by atoms with E-state index in [0.29, 0.717) is 13.0 Å². The van der Waals surface area contributed by atoms with Crippen molar-refractivity contribution < 1.29 is 69.0 Å². The maximum Gasteiger partial charge on any atom is 0.306 e. The predicted octanol–water partition coefficient (Wildman–Crippen LogP) is 11.6. The van der Waals surface area contributed by atoms with Gasteiger partial charge in [-0.05, 0) is 83.5 Å². The molecule has 0 bridgehead atoms. The fraction of sp³-hybridized carbons (Fsp3) is 0.825. The zero-order valence-electron chi connectivity index (χ0n) is 48.2. The molecule has 11 atom stereocenters. The van der Waals surface area contributed by atoms with Gasteiger partial charge in [0.15, 0.2) is 12.6 Å². The van der Waals surface area contributed by atoms with Crippen molar-refractivity contribution >= 4 is 5.97 Å². The summed E-state index contributed by atoms with van der Waals surface area (Å²) in [6.07, 6.45) is 45.6. The number of hydrogen-bond donors (Lipinski definition) is 7. The Balaban J connectivity index is 1.69. The zero-order chi connectivity index (χ0) is 55.8. The first-order valence-electron chi connectivity index (χ1n) is 30.9. The lowest BCUT2D eigenvalue weighted by atomic mass is 9.98. The highest BCUT2D eigenvalue weighted by atomic mass is 16.7. The van der Waals surface area contributed by atoms with Crippen molar-refractivity contribution in [2.24, 2.45) is 0 Å². The van der Waals surface area contributed by atoms with E-state index < -0.39 is 80.7 Å². The van der Waals surface area contributed by atoms with Crippen LogP contribution < -0.4 is 0 Å². The SMILES string of the molecule is CCCCC/C=C\C/C=C\CCCCCCCCCCOCC(COC1OC(COC2OC(CO)C(O)C(O)C2O)C(O)C(O)C1O)OC(=O)CCCCCCCCCCCC/C=C\C/C=C\C/C=C\CCCCCCC. The molecule has 448 valence electrons. The van der Waals surface area contributed by atoms with E-state index >= 15 is 0 Å². The summed E-state index contributed by atoms with van der Waals surface area (Å²) in [6, 6.07) is 0. The normalized spacial score (nSPS) is 24.7. The third kappa shape index (κ3) is 35.9. The second-order valence-corrected chi connectivity index (χ2v) is 21.5. The van der Waals surface area contributed by atoms with Gasteiger partial charge in [0.2, 0.25) is 0 Å². The molecule has 14 nitrogen and oxygen atoms in total. The van der Waals surface area contributed by atoms with Crippen LogP contribution in [0.1, 0.15) is 232 Å². The van der Waals surface area contributed by atoms with E-state index in [2.05, 4.69) is 74.6 Å². The van der Waals surface area contributed by atoms with E-state index in [9.17, 15) is 40.5 Å². The highest BCUT2D eigenvalue weighted by Gasteiger charge is 2.47. The number of unbranched alkanes of at least 4 members (excludes halogenated alkanes) is 26. The van der Waals surface area contributed by atoms with Crippen LogP contribution in [0, 0.1) is 0 Å². The fourth-order valence-corrected chi connectivity index (χ4v) is 9.50. The van der Waals surface area contributed by atoms with Crippen LogP contribution >= 0.6 is 0 Å². The van der Waals surface area contributed by atoms with Crippen LogP contribution in [0.15, 0.2) is 60.8 Å². The second-order valence-electron chi connectivity index (χ2n) is 21.5. The lowest BCUT2D eigenvalue weighted by Crippen LogP contribution is -2.61. The van der Waals surface area contributed by atoms with Crippen LogP contribution in [-0.2, 0) is 33.2 Å². The number of aliphatic hydroxyl groups excluding tert-OH is 7. The van der Waals surface area contributed by atoms with E-state index in [1.54, 1.807) is 0 Å². The largest absolute Gasteiger partial charge is 0.457 e. The Morgan fingerprint density at radius 1 is 0.429 bits per heavy atom. The Bertz CT molecular complexity index is 1500. The summed E-state index contributed by atoms with van der Waals surface area (Å²) in [5, 5.41) is 72.4. The monoisotopic (exact) mass is 1090 g/mol.